The van der Waals surface area contributed by atoms with E-state index in [2.05, 4.69) is 15.4 Å². The fraction of sp³-hybridized carbons (Fsp3) is 0.438. The van der Waals surface area contributed by atoms with Gasteiger partial charge in [0.25, 0.3) is 0 Å². The molecule has 1 N–H and O–H groups in total. The lowest BCUT2D eigenvalue weighted by Gasteiger charge is -2.19. The van der Waals surface area contributed by atoms with E-state index in [-0.39, 0.29) is 0 Å². The molecule has 0 saturated carbocycles. The second-order valence-electron chi connectivity index (χ2n) is 6.00. The van der Waals surface area contributed by atoms with Crippen molar-refractivity contribution in [1.82, 2.24) is 14.8 Å². The summed E-state index contributed by atoms with van der Waals surface area (Å²) in [7, 11) is 1.63. The molecule has 2 aromatic heterocycles. The molecule has 7 heteroatoms. The molecule has 0 aliphatic heterocycles. The van der Waals surface area contributed by atoms with Crippen molar-refractivity contribution in [2.75, 3.05) is 19.0 Å². The molecule has 0 atom stereocenters. The van der Waals surface area contributed by atoms with Crippen LogP contribution in [0.4, 0.5) is 10.5 Å². The smallest absolute Gasteiger partial charge is 0.412 e. The quantitative estimate of drug-likeness (QED) is 0.917. The number of nitrogens with one attached hydrogen (secondary N) is 1. The number of carbonyl (C=O) groups excluding carboxylic acids is 1. The van der Waals surface area contributed by atoms with Crippen LogP contribution in [0.1, 0.15) is 26.5 Å². The molecule has 0 spiro atoms. The van der Waals surface area contributed by atoms with E-state index in [0.717, 1.165) is 11.4 Å². The zero-order chi connectivity index (χ0) is 16.9. The SMILES string of the molecule is COCCc1c(NC(=O)OC(C)(C)C)cnn1-c1cccnc1. The lowest BCUT2D eigenvalue weighted by molar-refractivity contribution is 0.0635. The molecule has 124 valence electrons. The monoisotopic (exact) mass is 318 g/mol. The van der Waals surface area contributed by atoms with E-state index in [0.29, 0.717) is 18.7 Å². The molecule has 0 unspecified atom stereocenters. The van der Waals surface area contributed by atoms with Crippen molar-refractivity contribution >= 4 is 11.8 Å². The van der Waals surface area contributed by atoms with E-state index < -0.39 is 11.7 Å². The molecule has 0 aliphatic rings. The van der Waals surface area contributed by atoms with Gasteiger partial charge in [-0.25, -0.2) is 9.48 Å². The van der Waals surface area contributed by atoms with Crippen LogP contribution in [0.25, 0.3) is 5.69 Å². The van der Waals surface area contributed by atoms with E-state index in [1.54, 1.807) is 30.4 Å². The molecular weight excluding hydrogens is 296 g/mol. The Morgan fingerprint density at radius 3 is 2.74 bits per heavy atom. The minimum Gasteiger partial charge on any atom is -0.444 e. The summed E-state index contributed by atoms with van der Waals surface area (Å²) in [5.41, 5.74) is 1.68. The maximum atomic E-state index is 12.0. The Morgan fingerprint density at radius 2 is 2.13 bits per heavy atom. The van der Waals surface area contributed by atoms with E-state index in [4.69, 9.17) is 9.47 Å². The molecular formula is C16H22N4O3. The molecule has 0 saturated heterocycles. The van der Waals surface area contributed by atoms with Crippen molar-refractivity contribution in [1.29, 1.82) is 0 Å². The minimum atomic E-state index is -0.559. The van der Waals surface area contributed by atoms with Gasteiger partial charge < -0.3 is 9.47 Å². The topological polar surface area (TPSA) is 78.3 Å². The molecule has 1 amide bonds. The van der Waals surface area contributed by atoms with Crippen LogP contribution in [0, 0.1) is 0 Å². The number of aromatic nitrogens is 3. The highest BCUT2D eigenvalue weighted by molar-refractivity contribution is 5.85. The normalized spacial score (nSPS) is 11.3. The summed E-state index contributed by atoms with van der Waals surface area (Å²) in [5, 5.41) is 7.09. The predicted molar refractivity (Wildman–Crippen MR) is 86.8 cm³/mol. The Kier molecular flexibility index (Phi) is 5.33. The molecule has 0 fully saturated rings. The van der Waals surface area contributed by atoms with Gasteiger partial charge in [-0.3, -0.25) is 10.3 Å². The molecule has 2 heterocycles. The summed E-state index contributed by atoms with van der Waals surface area (Å²) in [5.74, 6) is 0. The van der Waals surface area contributed by atoms with Crippen LogP contribution in [0.5, 0.6) is 0 Å². The van der Waals surface area contributed by atoms with Gasteiger partial charge in [0.2, 0.25) is 0 Å². The third-order valence-electron chi connectivity index (χ3n) is 2.94. The van der Waals surface area contributed by atoms with Gasteiger partial charge in [-0.1, -0.05) is 0 Å². The van der Waals surface area contributed by atoms with Crippen molar-refractivity contribution in [3.05, 3.63) is 36.4 Å². The number of ether oxygens (including phenoxy) is 2. The number of amides is 1. The third-order valence-corrected chi connectivity index (χ3v) is 2.94. The van der Waals surface area contributed by atoms with Crippen LogP contribution < -0.4 is 5.32 Å². The lowest BCUT2D eigenvalue weighted by atomic mass is 10.2. The van der Waals surface area contributed by atoms with Gasteiger partial charge in [-0.05, 0) is 32.9 Å². The Bertz CT molecular complexity index is 647. The summed E-state index contributed by atoms with van der Waals surface area (Å²) >= 11 is 0. The van der Waals surface area contributed by atoms with Crippen LogP contribution in [-0.4, -0.2) is 40.2 Å². The van der Waals surface area contributed by atoms with Gasteiger partial charge in [0, 0.05) is 19.7 Å². The van der Waals surface area contributed by atoms with Gasteiger partial charge in [-0.15, -0.1) is 0 Å². The molecule has 0 bridgehead atoms. The average molecular weight is 318 g/mol. The van der Waals surface area contributed by atoms with Crippen LogP contribution in [0.15, 0.2) is 30.7 Å². The maximum absolute atomic E-state index is 12.0. The second kappa shape index (κ2) is 7.23. The fourth-order valence-electron chi connectivity index (χ4n) is 2.03. The van der Waals surface area contributed by atoms with Crippen LogP contribution >= 0.6 is 0 Å². The Hall–Kier alpha value is -2.41. The first kappa shape index (κ1) is 17.0. The first-order chi connectivity index (χ1) is 10.9. The first-order valence-electron chi connectivity index (χ1n) is 7.37. The zero-order valence-corrected chi connectivity index (χ0v) is 13.9. The lowest BCUT2D eigenvalue weighted by Crippen LogP contribution is -2.27. The number of methoxy groups -OCH3 is 1. The molecule has 0 radical (unpaired) electrons. The average Bonchev–Trinajstić information content (AvgIpc) is 2.86. The maximum Gasteiger partial charge on any atom is 0.412 e. The Morgan fingerprint density at radius 1 is 1.35 bits per heavy atom. The van der Waals surface area contributed by atoms with Crippen LogP contribution in [-0.2, 0) is 15.9 Å². The first-order valence-corrected chi connectivity index (χ1v) is 7.37. The standard InChI is InChI=1S/C16H22N4O3/c1-16(2,3)23-15(21)19-13-11-18-20(14(13)7-9-22-4)12-6-5-8-17-10-12/h5-6,8,10-11H,7,9H2,1-4H3,(H,19,21). The predicted octanol–water partition coefficient (Wildman–Crippen LogP) is 2.80. The number of rotatable bonds is 5. The van der Waals surface area contributed by atoms with Crippen molar-refractivity contribution < 1.29 is 14.3 Å². The summed E-state index contributed by atoms with van der Waals surface area (Å²) in [6.45, 7) is 5.96. The second-order valence-corrected chi connectivity index (χ2v) is 6.00. The van der Waals surface area contributed by atoms with Crippen molar-refractivity contribution in [3.63, 3.8) is 0 Å². The molecule has 2 aromatic rings. The number of pyridine rings is 1. The zero-order valence-electron chi connectivity index (χ0n) is 13.9. The molecule has 2 rings (SSSR count). The van der Waals surface area contributed by atoms with Crippen molar-refractivity contribution in [2.45, 2.75) is 32.8 Å². The van der Waals surface area contributed by atoms with Gasteiger partial charge in [-0.2, -0.15) is 5.10 Å². The molecule has 0 aromatic carbocycles. The Labute approximate surface area is 135 Å². The van der Waals surface area contributed by atoms with E-state index in [9.17, 15) is 4.79 Å². The summed E-state index contributed by atoms with van der Waals surface area (Å²) in [4.78, 5) is 16.1. The largest absolute Gasteiger partial charge is 0.444 e. The number of nitrogens with zero attached hydrogens (tertiary/aromatic N) is 3. The Balaban J connectivity index is 2.26. The molecule has 0 aliphatic carbocycles. The van der Waals surface area contributed by atoms with E-state index >= 15 is 0 Å². The number of hydrogen-bond donors (Lipinski definition) is 1. The highest BCUT2D eigenvalue weighted by Gasteiger charge is 2.19. The highest BCUT2D eigenvalue weighted by atomic mass is 16.6. The number of carbonyl (C=O) groups is 1. The third kappa shape index (κ3) is 4.79. The van der Waals surface area contributed by atoms with Gasteiger partial charge in [0.1, 0.15) is 5.60 Å². The number of anilines is 1. The summed E-state index contributed by atoms with van der Waals surface area (Å²) in [6, 6.07) is 3.73. The van der Waals surface area contributed by atoms with Crippen LogP contribution in [0.3, 0.4) is 0 Å². The van der Waals surface area contributed by atoms with E-state index in [1.165, 1.54) is 0 Å². The van der Waals surface area contributed by atoms with Crippen LogP contribution in [0.2, 0.25) is 0 Å². The van der Waals surface area contributed by atoms with Gasteiger partial charge in [0.05, 0.1) is 36.1 Å². The number of hydrogen-bond acceptors (Lipinski definition) is 5. The van der Waals surface area contributed by atoms with Gasteiger partial charge >= 0.3 is 6.09 Å². The van der Waals surface area contributed by atoms with Crippen molar-refractivity contribution in [2.24, 2.45) is 0 Å². The summed E-state index contributed by atoms with van der Waals surface area (Å²) < 4.78 is 12.2. The highest BCUT2D eigenvalue weighted by Crippen LogP contribution is 2.21. The van der Waals surface area contributed by atoms with Crippen molar-refractivity contribution in [3.8, 4) is 5.69 Å². The summed E-state index contributed by atoms with van der Waals surface area (Å²) in [6.07, 6.45) is 5.09. The molecule has 23 heavy (non-hydrogen) atoms. The van der Waals surface area contributed by atoms with Gasteiger partial charge in [0.15, 0.2) is 0 Å². The van der Waals surface area contributed by atoms with E-state index in [1.807, 2.05) is 32.9 Å². The molecule has 7 nitrogen and oxygen atoms in total. The fourth-order valence-corrected chi connectivity index (χ4v) is 2.03. The minimum absolute atomic E-state index is 0.509.